The van der Waals surface area contributed by atoms with Gasteiger partial charge in [-0.15, -0.1) is 0 Å². The van der Waals surface area contributed by atoms with Gasteiger partial charge in [-0.1, -0.05) is 25.1 Å². The summed E-state index contributed by atoms with van der Waals surface area (Å²) in [6, 6.07) is 10.9. The number of carbonyl (C=O) groups is 2. The summed E-state index contributed by atoms with van der Waals surface area (Å²) in [7, 11) is 0. The zero-order valence-corrected chi connectivity index (χ0v) is 13.2. The van der Waals surface area contributed by atoms with E-state index in [2.05, 4.69) is 22.8 Å². The first-order valence-corrected chi connectivity index (χ1v) is 7.66. The van der Waals surface area contributed by atoms with E-state index in [1.165, 1.54) is 11.8 Å². The molecular weight excluding hydrogens is 306 g/mol. The first kappa shape index (κ1) is 15.7. The summed E-state index contributed by atoms with van der Waals surface area (Å²) in [5.74, 6) is -0.796. The van der Waals surface area contributed by atoms with Gasteiger partial charge >= 0.3 is 0 Å². The van der Waals surface area contributed by atoms with Gasteiger partial charge in [0.2, 0.25) is 5.91 Å². The molecule has 2 N–H and O–H groups in total. The second kappa shape index (κ2) is 6.95. The van der Waals surface area contributed by atoms with Crippen molar-refractivity contribution in [2.45, 2.75) is 19.8 Å². The predicted molar refractivity (Wildman–Crippen MR) is 89.1 cm³/mol. The molecule has 0 spiro atoms. The van der Waals surface area contributed by atoms with Crippen LogP contribution in [0.3, 0.4) is 0 Å². The van der Waals surface area contributed by atoms with Crippen LogP contribution in [0.25, 0.3) is 11.0 Å². The molecule has 6 heteroatoms. The van der Waals surface area contributed by atoms with Crippen molar-refractivity contribution in [3.05, 3.63) is 65.7 Å². The monoisotopic (exact) mass is 323 g/mol. The number of fused-ring (bicyclic) bond motifs is 1. The average molecular weight is 323 g/mol. The van der Waals surface area contributed by atoms with Gasteiger partial charge in [-0.3, -0.25) is 25.4 Å². The number of aromatic nitrogens is 1. The summed E-state index contributed by atoms with van der Waals surface area (Å²) in [6.07, 6.45) is 4.12. The Morgan fingerprint density at radius 2 is 2.04 bits per heavy atom. The maximum Gasteiger partial charge on any atom is 0.288 e. The van der Waals surface area contributed by atoms with E-state index in [1.54, 1.807) is 24.5 Å². The Hall–Kier alpha value is -3.15. The average Bonchev–Trinajstić information content (AvgIpc) is 3.02. The van der Waals surface area contributed by atoms with E-state index in [4.69, 9.17) is 4.42 Å². The van der Waals surface area contributed by atoms with E-state index in [1.807, 2.05) is 18.2 Å². The van der Waals surface area contributed by atoms with E-state index in [0.29, 0.717) is 0 Å². The number of pyridine rings is 1. The van der Waals surface area contributed by atoms with Crippen LogP contribution in [0.1, 0.15) is 28.5 Å². The molecule has 2 aromatic heterocycles. The lowest BCUT2D eigenvalue weighted by molar-refractivity contribution is -0.121. The Balaban J connectivity index is 1.62. The van der Waals surface area contributed by atoms with Crippen molar-refractivity contribution in [3.63, 3.8) is 0 Å². The Labute approximate surface area is 138 Å². The zero-order valence-electron chi connectivity index (χ0n) is 13.2. The number of aryl methyl sites for hydroxylation is 1. The number of nitrogens with zero attached hydrogens (tertiary/aromatic N) is 1. The maximum atomic E-state index is 12.0. The molecule has 3 aromatic rings. The predicted octanol–water partition coefficient (Wildman–Crippen LogP) is 2.39. The molecule has 2 heterocycles. The standard InChI is InChI=1S/C18H17N3O3/c1-2-12-6-7-14-13(11-24-16(14)9-12)10-17(22)20-21-18(23)15-5-3-4-8-19-15/h3-9,11H,2,10H2,1H3,(H,20,22)(H,21,23). The van der Waals surface area contributed by atoms with E-state index >= 15 is 0 Å². The van der Waals surface area contributed by atoms with Gasteiger partial charge in [0.15, 0.2) is 0 Å². The second-order valence-electron chi connectivity index (χ2n) is 5.34. The van der Waals surface area contributed by atoms with Crippen LogP contribution in [0.15, 0.2) is 53.3 Å². The van der Waals surface area contributed by atoms with E-state index in [9.17, 15) is 9.59 Å². The lowest BCUT2D eigenvalue weighted by atomic mass is 10.1. The fourth-order valence-corrected chi connectivity index (χ4v) is 2.39. The second-order valence-corrected chi connectivity index (χ2v) is 5.34. The summed E-state index contributed by atoms with van der Waals surface area (Å²) in [5.41, 5.74) is 7.68. The first-order chi connectivity index (χ1) is 11.7. The lowest BCUT2D eigenvalue weighted by Gasteiger charge is -2.06. The highest BCUT2D eigenvalue weighted by molar-refractivity contribution is 5.94. The lowest BCUT2D eigenvalue weighted by Crippen LogP contribution is -2.42. The van der Waals surface area contributed by atoms with Crippen LogP contribution in [-0.2, 0) is 17.6 Å². The molecule has 0 aliphatic heterocycles. The minimum atomic E-state index is -0.464. The molecule has 24 heavy (non-hydrogen) atoms. The number of hydrogen-bond acceptors (Lipinski definition) is 4. The minimum Gasteiger partial charge on any atom is -0.464 e. The van der Waals surface area contributed by atoms with E-state index < -0.39 is 5.91 Å². The molecule has 0 atom stereocenters. The molecule has 2 amide bonds. The number of amides is 2. The topological polar surface area (TPSA) is 84.2 Å². The van der Waals surface area contributed by atoms with Crippen molar-refractivity contribution in [1.29, 1.82) is 0 Å². The van der Waals surface area contributed by atoms with Crippen LogP contribution in [0, 0.1) is 0 Å². The van der Waals surface area contributed by atoms with Gasteiger partial charge in [0.25, 0.3) is 5.91 Å². The highest BCUT2D eigenvalue weighted by atomic mass is 16.3. The van der Waals surface area contributed by atoms with Crippen molar-refractivity contribution in [2.24, 2.45) is 0 Å². The Kier molecular flexibility index (Phi) is 4.56. The number of nitrogens with one attached hydrogen (secondary N) is 2. The summed E-state index contributed by atoms with van der Waals surface area (Å²) in [4.78, 5) is 27.8. The normalized spacial score (nSPS) is 10.5. The zero-order chi connectivity index (χ0) is 16.9. The van der Waals surface area contributed by atoms with Crippen molar-refractivity contribution in [2.75, 3.05) is 0 Å². The van der Waals surface area contributed by atoms with Gasteiger partial charge in [0, 0.05) is 17.1 Å². The quantitative estimate of drug-likeness (QED) is 0.722. The Morgan fingerprint density at radius 1 is 1.17 bits per heavy atom. The van der Waals surface area contributed by atoms with Gasteiger partial charge in [0.1, 0.15) is 11.3 Å². The molecule has 0 fully saturated rings. The molecule has 0 aliphatic carbocycles. The molecule has 0 bridgehead atoms. The van der Waals surface area contributed by atoms with Gasteiger partial charge < -0.3 is 4.42 Å². The van der Waals surface area contributed by atoms with Crippen LogP contribution < -0.4 is 10.9 Å². The minimum absolute atomic E-state index is 0.112. The van der Waals surface area contributed by atoms with Crippen molar-refractivity contribution in [3.8, 4) is 0 Å². The summed E-state index contributed by atoms with van der Waals surface area (Å²) >= 11 is 0. The summed E-state index contributed by atoms with van der Waals surface area (Å²) in [5, 5.41) is 0.901. The van der Waals surface area contributed by atoms with Crippen molar-refractivity contribution >= 4 is 22.8 Å². The first-order valence-electron chi connectivity index (χ1n) is 7.66. The van der Waals surface area contributed by atoms with Gasteiger partial charge in [-0.25, -0.2) is 0 Å². The molecule has 0 aliphatic rings. The molecule has 3 rings (SSSR count). The summed E-state index contributed by atoms with van der Waals surface area (Å²) < 4.78 is 5.51. The van der Waals surface area contributed by atoms with Crippen LogP contribution >= 0.6 is 0 Å². The van der Waals surface area contributed by atoms with Gasteiger partial charge in [-0.2, -0.15) is 0 Å². The van der Waals surface area contributed by atoms with Crippen molar-refractivity contribution in [1.82, 2.24) is 15.8 Å². The largest absolute Gasteiger partial charge is 0.464 e. The van der Waals surface area contributed by atoms with Crippen LogP contribution in [-0.4, -0.2) is 16.8 Å². The van der Waals surface area contributed by atoms with Crippen LogP contribution in [0.4, 0.5) is 0 Å². The van der Waals surface area contributed by atoms with Crippen LogP contribution in [0.2, 0.25) is 0 Å². The highest BCUT2D eigenvalue weighted by Crippen LogP contribution is 2.23. The number of furan rings is 1. The van der Waals surface area contributed by atoms with E-state index in [-0.39, 0.29) is 18.0 Å². The fraction of sp³-hybridized carbons (Fsp3) is 0.167. The molecule has 0 saturated heterocycles. The molecular formula is C18H17N3O3. The molecule has 1 aromatic carbocycles. The smallest absolute Gasteiger partial charge is 0.288 e. The molecule has 122 valence electrons. The molecule has 0 unspecified atom stereocenters. The molecule has 0 radical (unpaired) electrons. The van der Waals surface area contributed by atoms with Crippen molar-refractivity contribution < 1.29 is 14.0 Å². The fourth-order valence-electron chi connectivity index (χ4n) is 2.39. The third kappa shape index (κ3) is 3.43. The number of hydrazine groups is 1. The molecule has 0 saturated carbocycles. The van der Waals surface area contributed by atoms with E-state index in [0.717, 1.165) is 23.0 Å². The Bertz CT molecular complexity index is 872. The summed E-state index contributed by atoms with van der Waals surface area (Å²) in [6.45, 7) is 2.07. The maximum absolute atomic E-state index is 12.0. The molecule has 6 nitrogen and oxygen atoms in total. The highest BCUT2D eigenvalue weighted by Gasteiger charge is 2.12. The number of carbonyl (C=O) groups excluding carboxylic acids is 2. The SMILES string of the molecule is CCc1ccc2c(CC(=O)NNC(=O)c3ccccn3)coc2c1. The van der Waals surface area contributed by atoms with Crippen LogP contribution in [0.5, 0.6) is 0 Å². The van der Waals surface area contributed by atoms with Gasteiger partial charge in [0.05, 0.1) is 12.7 Å². The third-order valence-electron chi connectivity index (χ3n) is 3.69. The third-order valence-corrected chi connectivity index (χ3v) is 3.69. The Morgan fingerprint density at radius 3 is 2.79 bits per heavy atom. The number of hydrogen-bond donors (Lipinski definition) is 2. The number of rotatable bonds is 4. The van der Waals surface area contributed by atoms with Gasteiger partial charge in [-0.05, 0) is 30.2 Å². The number of benzene rings is 1.